The molecule has 0 aliphatic carbocycles. The van der Waals surface area contributed by atoms with Crippen molar-refractivity contribution in [1.82, 2.24) is 9.97 Å². The molecule has 3 rings (SSSR count). The van der Waals surface area contributed by atoms with Gasteiger partial charge in [0.2, 0.25) is 0 Å². The van der Waals surface area contributed by atoms with Crippen molar-refractivity contribution in [2.45, 2.75) is 0 Å². The molecule has 2 amide bonds. The van der Waals surface area contributed by atoms with E-state index in [0.717, 1.165) is 10.1 Å². The van der Waals surface area contributed by atoms with Gasteiger partial charge in [-0.3, -0.25) is 9.59 Å². The van der Waals surface area contributed by atoms with E-state index in [2.05, 4.69) is 20.6 Å². The van der Waals surface area contributed by atoms with Crippen molar-refractivity contribution in [2.75, 3.05) is 24.4 Å². The van der Waals surface area contributed by atoms with Gasteiger partial charge in [0.05, 0.1) is 13.3 Å². The number of aliphatic hydroxyl groups excluding tert-OH is 1. The molecule has 134 valence electrons. The van der Waals surface area contributed by atoms with E-state index in [1.54, 1.807) is 24.3 Å². The van der Waals surface area contributed by atoms with Crippen molar-refractivity contribution in [3.8, 4) is 0 Å². The van der Waals surface area contributed by atoms with Gasteiger partial charge in [0.25, 0.3) is 11.8 Å². The third kappa shape index (κ3) is 3.71. The lowest BCUT2D eigenvalue weighted by atomic mass is 10.2. The fraction of sp³-hybridized carbons (Fsp3) is 0.125. The van der Waals surface area contributed by atoms with E-state index in [-0.39, 0.29) is 11.6 Å². The second-order valence-electron chi connectivity index (χ2n) is 5.16. The van der Waals surface area contributed by atoms with Crippen LogP contribution in [-0.2, 0) is 9.53 Å². The predicted molar refractivity (Wildman–Crippen MR) is 95.4 cm³/mol. The molecule has 2 aromatic heterocycles. The highest BCUT2D eigenvalue weighted by Crippen LogP contribution is 2.28. The molecule has 0 atom stereocenters. The lowest BCUT2D eigenvalue weighted by Crippen LogP contribution is -2.16. The average Bonchev–Trinajstić information content (AvgIpc) is 3.27. The number of ether oxygens (including phenoxy) is 1. The molecule has 1 aromatic carbocycles. The van der Waals surface area contributed by atoms with Crippen LogP contribution in [-0.4, -0.2) is 46.6 Å². The molecule has 0 radical (unpaired) electrons. The number of nitrogens with one attached hydrogen (secondary N) is 3. The Kier molecular flexibility index (Phi) is 4.96. The Morgan fingerprint density at radius 3 is 2.81 bits per heavy atom. The number of aliphatic hydroxyl groups is 1. The molecule has 10 heteroatoms. The predicted octanol–water partition coefficient (Wildman–Crippen LogP) is 1.59. The number of amides is 2. The second-order valence-corrected chi connectivity index (χ2v) is 6.24. The third-order valence-corrected chi connectivity index (χ3v) is 4.47. The minimum atomic E-state index is -0.672. The minimum Gasteiger partial charge on any atom is -0.465 e. The van der Waals surface area contributed by atoms with E-state index in [1.165, 1.54) is 24.6 Å². The van der Waals surface area contributed by atoms with E-state index >= 15 is 0 Å². The highest BCUT2D eigenvalue weighted by molar-refractivity contribution is 7.20. The summed E-state index contributed by atoms with van der Waals surface area (Å²) in [6.07, 6.45) is 1.27. The van der Waals surface area contributed by atoms with Gasteiger partial charge < -0.3 is 25.5 Å². The summed E-state index contributed by atoms with van der Waals surface area (Å²) in [5.74, 6) is -1.34. The number of benzene rings is 1. The summed E-state index contributed by atoms with van der Waals surface area (Å²) in [6, 6.07) is 6.91. The number of methoxy groups -OCH3 is 1. The summed E-state index contributed by atoms with van der Waals surface area (Å²) in [4.78, 5) is 41.9. The molecule has 0 spiro atoms. The average molecular weight is 374 g/mol. The van der Waals surface area contributed by atoms with Gasteiger partial charge in [0, 0.05) is 10.4 Å². The van der Waals surface area contributed by atoms with Gasteiger partial charge in [0.15, 0.2) is 5.82 Å². The molecule has 3 aromatic rings. The number of H-pyrrole nitrogens is 1. The zero-order chi connectivity index (χ0) is 18.7. The lowest BCUT2D eigenvalue weighted by molar-refractivity contribution is -0.118. The van der Waals surface area contributed by atoms with Crippen molar-refractivity contribution in [1.29, 1.82) is 0 Å². The summed E-state index contributed by atoms with van der Waals surface area (Å²) < 4.78 is 5.58. The molecule has 9 nitrogen and oxygen atoms in total. The largest absolute Gasteiger partial charge is 0.465 e. The SMILES string of the molecule is COC(=O)c1cc2cc(NC(=O)c3ncc(NC(=O)CO)[nH]3)ccc2s1. The van der Waals surface area contributed by atoms with E-state index < -0.39 is 24.4 Å². The first-order valence-corrected chi connectivity index (χ1v) is 8.21. The molecule has 2 heterocycles. The highest BCUT2D eigenvalue weighted by atomic mass is 32.1. The topological polar surface area (TPSA) is 133 Å². The molecular weight excluding hydrogens is 360 g/mol. The highest BCUT2D eigenvalue weighted by Gasteiger charge is 2.14. The third-order valence-electron chi connectivity index (χ3n) is 3.37. The van der Waals surface area contributed by atoms with Crippen LogP contribution >= 0.6 is 11.3 Å². The van der Waals surface area contributed by atoms with Gasteiger partial charge in [-0.05, 0) is 29.7 Å². The van der Waals surface area contributed by atoms with E-state index in [9.17, 15) is 14.4 Å². The maximum Gasteiger partial charge on any atom is 0.348 e. The van der Waals surface area contributed by atoms with Gasteiger partial charge in [0.1, 0.15) is 17.3 Å². The van der Waals surface area contributed by atoms with Gasteiger partial charge >= 0.3 is 5.97 Å². The number of hydrogen-bond donors (Lipinski definition) is 4. The van der Waals surface area contributed by atoms with Crippen LogP contribution in [0.25, 0.3) is 10.1 Å². The zero-order valence-corrected chi connectivity index (χ0v) is 14.3. The van der Waals surface area contributed by atoms with Crippen LogP contribution in [0.15, 0.2) is 30.5 Å². The van der Waals surface area contributed by atoms with Gasteiger partial charge in [-0.1, -0.05) is 0 Å². The van der Waals surface area contributed by atoms with Crippen LogP contribution in [0.5, 0.6) is 0 Å². The standard InChI is InChI=1S/C16H14N4O5S/c1-25-16(24)11-5-8-4-9(2-3-10(8)26-11)18-15(23)14-17-6-12(20-14)19-13(22)7-21/h2-6,21H,7H2,1H3,(H,17,20)(H,18,23)(H,19,22). The number of hydrogen-bond acceptors (Lipinski definition) is 7. The van der Waals surface area contributed by atoms with Gasteiger partial charge in [-0.2, -0.15) is 0 Å². The number of carbonyl (C=O) groups is 3. The number of carbonyl (C=O) groups excluding carboxylic acids is 3. The zero-order valence-electron chi connectivity index (χ0n) is 13.5. The van der Waals surface area contributed by atoms with Crippen LogP contribution in [0.2, 0.25) is 0 Å². The Labute approximate surface area is 151 Å². The van der Waals surface area contributed by atoms with Crippen LogP contribution in [0, 0.1) is 0 Å². The number of rotatable bonds is 5. The quantitative estimate of drug-likeness (QED) is 0.501. The molecule has 0 aliphatic heterocycles. The molecule has 26 heavy (non-hydrogen) atoms. The van der Waals surface area contributed by atoms with Crippen molar-refractivity contribution in [2.24, 2.45) is 0 Å². The van der Waals surface area contributed by atoms with Gasteiger partial charge in [-0.25, -0.2) is 9.78 Å². The number of esters is 1. The van der Waals surface area contributed by atoms with Crippen LogP contribution in [0.3, 0.4) is 0 Å². The summed E-state index contributed by atoms with van der Waals surface area (Å²) in [6.45, 7) is -0.672. The molecule has 0 bridgehead atoms. The maximum atomic E-state index is 12.2. The van der Waals surface area contributed by atoms with Gasteiger partial charge in [-0.15, -0.1) is 11.3 Å². The lowest BCUT2D eigenvalue weighted by Gasteiger charge is -2.03. The number of anilines is 2. The molecular formula is C16H14N4O5S. The van der Waals surface area contributed by atoms with Crippen LogP contribution < -0.4 is 10.6 Å². The maximum absolute atomic E-state index is 12.2. The fourth-order valence-corrected chi connectivity index (χ4v) is 3.16. The van der Waals surface area contributed by atoms with E-state index in [1.807, 2.05) is 0 Å². The molecule has 0 unspecified atom stereocenters. The number of aromatic nitrogens is 2. The Morgan fingerprint density at radius 1 is 1.27 bits per heavy atom. The Hall–Kier alpha value is -3.24. The van der Waals surface area contributed by atoms with Crippen molar-refractivity contribution >= 4 is 50.7 Å². The van der Waals surface area contributed by atoms with Crippen LogP contribution in [0.4, 0.5) is 11.5 Å². The number of imidazole rings is 1. The van der Waals surface area contributed by atoms with Crippen molar-refractivity contribution in [3.05, 3.63) is 41.2 Å². The molecule has 0 aliphatic rings. The number of aromatic amines is 1. The Morgan fingerprint density at radius 2 is 2.08 bits per heavy atom. The number of nitrogens with zero attached hydrogens (tertiary/aromatic N) is 1. The molecule has 0 saturated carbocycles. The fourth-order valence-electron chi connectivity index (χ4n) is 2.20. The molecule has 4 N–H and O–H groups in total. The van der Waals surface area contributed by atoms with E-state index in [0.29, 0.717) is 10.6 Å². The van der Waals surface area contributed by atoms with E-state index in [4.69, 9.17) is 9.84 Å². The van der Waals surface area contributed by atoms with Crippen molar-refractivity contribution in [3.63, 3.8) is 0 Å². The monoisotopic (exact) mass is 374 g/mol. The minimum absolute atomic E-state index is 0.00101. The number of thiophene rings is 1. The molecule has 0 fully saturated rings. The Bertz CT molecular complexity index is 994. The van der Waals surface area contributed by atoms with Crippen molar-refractivity contribution < 1.29 is 24.2 Å². The molecule has 0 saturated heterocycles. The number of fused-ring (bicyclic) bond motifs is 1. The first-order chi connectivity index (χ1) is 12.5. The summed E-state index contributed by atoms with van der Waals surface area (Å²) >= 11 is 1.30. The summed E-state index contributed by atoms with van der Waals surface area (Å²) in [7, 11) is 1.32. The first kappa shape index (κ1) is 17.6. The van der Waals surface area contributed by atoms with Crippen LogP contribution in [0.1, 0.15) is 20.3 Å². The second kappa shape index (κ2) is 7.33. The first-order valence-electron chi connectivity index (χ1n) is 7.39. The normalized spacial score (nSPS) is 10.5. The Balaban J connectivity index is 1.74. The summed E-state index contributed by atoms with van der Waals surface area (Å²) in [5.41, 5.74) is 0.522. The smallest absolute Gasteiger partial charge is 0.348 e. The summed E-state index contributed by atoms with van der Waals surface area (Å²) in [5, 5.41) is 14.5.